The highest BCUT2D eigenvalue weighted by Gasteiger charge is 2.33. The van der Waals surface area contributed by atoms with Gasteiger partial charge in [-0.2, -0.15) is 0 Å². The lowest BCUT2D eigenvalue weighted by atomic mass is 10.0. The van der Waals surface area contributed by atoms with E-state index >= 15 is 0 Å². The molecule has 2 amide bonds. The van der Waals surface area contributed by atoms with Crippen molar-refractivity contribution in [3.8, 4) is 0 Å². The van der Waals surface area contributed by atoms with Gasteiger partial charge in [0.25, 0.3) is 0 Å². The van der Waals surface area contributed by atoms with Crippen LogP contribution < -0.4 is 10.2 Å². The molecule has 1 saturated heterocycles. The highest BCUT2D eigenvalue weighted by Crippen LogP contribution is 2.21. The minimum absolute atomic E-state index is 0.0584. The summed E-state index contributed by atoms with van der Waals surface area (Å²) in [5, 5.41) is 2.80. The number of amides is 2. The van der Waals surface area contributed by atoms with Gasteiger partial charge in [-0.3, -0.25) is 14.6 Å². The van der Waals surface area contributed by atoms with Gasteiger partial charge < -0.3 is 10.2 Å². The predicted molar refractivity (Wildman–Crippen MR) is 72.7 cm³/mol. The summed E-state index contributed by atoms with van der Waals surface area (Å²) in [6, 6.07) is 3.21. The molecule has 102 valence electrons. The van der Waals surface area contributed by atoms with Crippen LogP contribution in [0.15, 0.2) is 18.3 Å². The second-order valence-corrected chi connectivity index (χ2v) is 5.14. The maximum absolute atomic E-state index is 12.6. The molecule has 1 fully saturated rings. The third kappa shape index (κ3) is 2.75. The van der Waals surface area contributed by atoms with Crippen LogP contribution in [0.2, 0.25) is 0 Å². The van der Waals surface area contributed by atoms with E-state index in [-0.39, 0.29) is 17.7 Å². The normalized spacial score (nSPS) is 20.4. The largest absolute Gasteiger partial charge is 0.344 e. The Morgan fingerprint density at radius 3 is 2.79 bits per heavy atom. The quantitative estimate of drug-likeness (QED) is 0.872. The van der Waals surface area contributed by atoms with Crippen molar-refractivity contribution in [1.29, 1.82) is 0 Å². The maximum atomic E-state index is 12.6. The van der Waals surface area contributed by atoms with Crippen LogP contribution in [-0.4, -0.2) is 29.4 Å². The van der Waals surface area contributed by atoms with E-state index in [1.165, 1.54) is 0 Å². The fourth-order valence-corrected chi connectivity index (χ4v) is 2.25. The van der Waals surface area contributed by atoms with Gasteiger partial charge >= 0.3 is 0 Å². The van der Waals surface area contributed by atoms with Gasteiger partial charge in [0, 0.05) is 19.2 Å². The number of aromatic nitrogens is 1. The van der Waals surface area contributed by atoms with Crippen molar-refractivity contribution in [2.24, 2.45) is 5.92 Å². The molecule has 0 spiro atoms. The van der Waals surface area contributed by atoms with Gasteiger partial charge in [-0.15, -0.1) is 0 Å². The van der Waals surface area contributed by atoms with Gasteiger partial charge in [-0.25, -0.2) is 0 Å². The van der Waals surface area contributed by atoms with Crippen LogP contribution in [0.25, 0.3) is 0 Å². The third-order valence-electron chi connectivity index (χ3n) is 3.35. The molecular formula is C14H19N3O2. The van der Waals surface area contributed by atoms with Gasteiger partial charge in [-0.05, 0) is 25.0 Å². The molecule has 0 aliphatic carbocycles. The average molecular weight is 261 g/mol. The molecule has 1 aliphatic rings. The van der Waals surface area contributed by atoms with Crippen molar-refractivity contribution in [3.63, 3.8) is 0 Å². The molecule has 19 heavy (non-hydrogen) atoms. The first kappa shape index (κ1) is 13.5. The van der Waals surface area contributed by atoms with Crippen molar-refractivity contribution >= 4 is 17.5 Å². The zero-order valence-corrected chi connectivity index (χ0v) is 11.5. The SMILES string of the molecule is Cc1ncccc1N1CCC(=O)NC(C(C)C)C1=O. The molecule has 2 rings (SSSR count). The monoisotopic (exact) mass is 261 g/mol. The Bertz CT molecular complexity index is 499. The number of hydrogen-bond acceptors (Lipinski definition) is 3. The molecule has 0 radical (unpaired) electrons. The summed E-state index contributed by atoms with van der Waals surface area (Å²) in [5.74, 6) is -0.0675. The average Bonchev–Trinajstić information content (AvgIpc) is 2.51. The molecule has 0 bridgehead atoms. The van der Waals surface area contributed by atoms with E-state index in [0.29, 0.717) is 13.0 Å². The summed E-state index contributed by atoms with van der Waals surface area (Å²) in [5.41, 5.74) is 1.59. The lowest BCUT2D eigenvalue weighted by Crippen LogP contribution is -2.48. The summed E-state index contributed by atoms with van der Waals surface area (Å²) < 4.78 is 0. The molecule has 5 nitrogen and oxygen atoms in total. The lowest BCUT2D eigenvalue weighted by Gasteiger charge is -2.26. The predicted octanol–water partition coefficient (Wildman–Crippen LogP) is 1.27. The first-order chi connectivity index (χ1) is 9.00. The highest BCUT2D eigenvalue weighted by atomic mass is 16.2. The second-order valence-electron chi connectivity index (χ2n) is 5.14. The fourth-order valence-electron chi connectivity index (χ4n) is 2.25. The zero-order chi connectivity index (χ0) is 14.0. The first-order valence-corrected chi connectivity index (χ1v) is 6.53. The molecule has 1 unspecified atom stereocenters. The third-order valence-corrected chi connectivity index (χ3v) is 3.35. The number of aryl methyl sites for hydroxylation is 1. The number of rotatable bonds is 2. The smallest absolute Gasteiger partial charge is 0.249 e. The van der Waals surface area contributed by atoms with Crippen molar-refractivity contribution < 1.29 is 9.59 Å². The maximum Gasteiger partial charge on any atom is 0.249 e. The van der Waals surface area contributed by atoms with E-state index in [1.54, 1.807) is 17.2 Å². The van der Waals surface area contributed by atoms with E-state index in [9.17, 15) is 9.59 Å². The van der Waals surface area contributed by atoms with Gasteiger partial charge in [0.15, 0.2) is 0 Å². The van der Waals surface area contributed by atoms with E-state index in [0.717, 1.165) is 11.4 Å². The van der Waals surface area contributed by atoms with Crippen LogP contribution in [0, 0.1) is 12.8 Å². The van der Waals surface area contributed by atoms with Crippen molar-refractivity contribution in [2.45, 2.75) is 33.2 Å². The number of hydrogen-bond donors (Lipinski definition) is 1. The summed E-state index contributed by atoms with van der Waals surface area (Å²) in [6.45, 7) is 6.14. The molecule has 0 aromatic carbocycles. The number of nitrogens with one attached hydrogen (secondary N) is 1. The van der Waals surface area contributed by atoms with E-state index in [2.05, 4.69) is 10.3 Å². The molecule has 1 aliphatic heterocycles. The Morgan fingerprint density at radius 2 is 2.16 bits per heavy atom. The zero-order valence-electron chi connectivity index (χ0n) is 11.5. The van der Waals surface area contributed by atoms with E-state index < -0.39 is 6.04 Å². The van der Waals surface area contributed by atoms with Crippen molar-refractivity contribution in [3.05, 3.63) is 24.0 Å². The summed E-state index contributed by atoms with van der Waals surface area (Å²) in [6.07, 6.45) is 2.02. The van der Waals surface area contributed by atoms with Crippen LogP contribution in [0.5, 0.6) is 0 Å². The van der Waals surface area contributed by atoms with Crippen LogP contribution in [-0.2, 0) is 9.59 Å². The molecule has 2 heterocycles. The number of nitrogens with zero attached hydrogens (tertiary/aromatic N) is 2. The van der Waals surface area contributed by atoms with Gasteiger partial charge in [0.05, 0.1) is 11.4 Å². The summed E-state index contributed by atoms with van der Waals surface area (Å²) >= 11 is 0. The van der Waals surface area contributed by atoms with Crippen molar-refractivity contribution in [1.82, 2.24) is 10.3 Å². The topological polar surface area (TPSA) is 62.3 Å². The first-order valence-electron chi connectivity index (χ1n) is 6.53. The Morgan fingerprint density at radius 1 is 1.42 bits per heavy atom. The number of carbonyl (C=O) groups excluding carboxylic acids is 2. The Kier molecular flexibility index (Phi) is 3.83. The summed E-state index contributed by atoms with van der Waals surface area (Å²) in [7, 11) is 0. The van der Waals surface area contributed by atoms with E-state index in [1.807, 2.05) is 26.8 Å². The van der Waals surface area contributed by atoms with Gasteiger partial charge in [0.1, 0.15) is 6.04 Å². The summed E-state index contributed by atoms with van der Waals surface area (Å²) in [4.78, 5) is 30.1. The Labute approximate surface area is 113 Å². The molecule has 1 atom stereocenters. The fraction of sp³-hybridized carbons (Fsp3) is 0.500. The molecule has 1 aromatic rings. The van der Waals surface area contributed by atoms with Crippen LogP contribution in [0.1, 0.15) is 26.0 Å². The van der Waals surface area contributed by atoms with Crippen LogP contribution in [0.3, 0.4) is 0 Å². The van der Waals surface area contributed by atoms with E-state index in [4.69, 9.17) is 0 Å². The number of anilines is 1. The minimum atomic E-state index is -0.463. The highest BCUT2D eigenvalue weighted by molar-refractivity contribution is 6.01. The second kappa shape index (κ2) is 5.38. The van der Waals surface area contributed by atoms with Gasteiger partial charge in [-0.1, -0.05) is 13.8 Å². The van der Waals surface area contributed by atoms with Crippen molar-refractivity contribution in [2.75, 3.05) is 11.4 Å². The lowest BCUT2D eigenvalue weighted by molar-refractivity contribution is -0.126. The standard InChI is InChI=1S/C14H19N3O2/c1-9(2)13-14(19)17(8-6-12(18)16-13)11-5-4-7-15-10(11)3/h4-5,7,9,13H,6,8H2,1-3H3,(H,16,18). The van der Waals surface area contributed by atoms with Crippen LogP contribution in [0.4, 0.5) is 5.69 Å². The van der Waals surface area contributed by atoms with Crippen LogP contribution >= 0.6 is 0 Å². The molecule has 5 heteroatoms. The Hall–Kier alpha value is -1.91. The molecule has 1 N–H and O–H groups in total. The number of pyridine rings is 1. The Balaban J connectivity index is 2.36. The molecule has 0 saturated carbocycles. The number of carbonyl (C=O) groups is 2. The minimum Gasteiger partial charge on any atom is -0.344 e. The molecular weight excluding hydrogens is 242 g/mol. The molecule has 1 aromatic heterocycles. The van der Waals surface area contributed by atoms with Gasteiger partial charge in [0.2, 0.25) is 11.8 Å².